The van der Waals surface area contributed by atoms with E-state index >= 15 is 0 Å². The second kappa shape index (κ2) is 5.57. The maximum Gasteiger partial charge on any atom is 0.227 e. The third-order valence-electron chi connectivity index (χ3n) is 5.16. The van der Waals surface area contributed by atoms with Crippen LogP contribution in [0.1, 0.15) is 44.2 Å². The van der Waals surface area contributed by atoms with Crippen LogP contribution in [0.3, 0.4) is 0 Å². The van der Waals surface area contributed by atoms with Crippen molar-refractivity contribution >= 4 is 11.6 Å². The van der Waals surface area contributed by atoms with Gasteiger partial charge in [-0.25, -0.2) is 0 Å². The van der Waals surface area contributed by atoms with Gasteiger partial charge in [-0.2, -0.15) is 0 Å². The van der Waals surface area contributed by atoms with Crippen molar-refractivity contribution in [2.75, 3.05) is 12.4 Å². The molecule has 3 heteroatoms. The summed E-state index contributed by atoms with van der Waals surface area (Å²) in [5, 5.41) is 6.35. The molecule has 20 heavy (non-hydrogen) atoms. The van der Waals surface area contributed by atoms with Gasteiger partial charge in [0.25, 0.3) is 0 Å². The minimum Gasteiger partial charge on any atom is -0.326 e. The highest BCUT2D eigenvalue weighted by molar-refractivity contribution is 5.93. The van der Waals surface area contributed by atoms with Crippen LogP contribution < -0.4 is 10.6 Å². The third kappa shape index (κ3) is 2.59. The van der Waals surface area contributed by atoms with Crippen LogP contribution in [0.15, 0.2) is 24.3 Å². The fraction of sp³-hybridized carbons (Fsp3) is 0.588. The Labute approximate surface area is 121 Å². The molecule has 0 saturated heterocycles. The Hall–Kier alpha value is -1.35. The van der Waals surface area contributed by atoms with Crippen molar-refractivity contribution < 1.29 is 4.79 Å². The van der Waals surface area contributed by atoms with E-state index in [0.717, 1.165) is 18.0 Å². The van der Waals surface area contributed by atoms with Crippen LogP contribution in [-0.4, -0.2) is 13.0 Å². The predicted octanol–water partition coefficient (Wildman–Crippen LogP) is 3.34. The predicted molar refractivity (Wildman–Crippen MR) is 81.5 cm³/mol. The first kappa shape index (κ1) is 13.6. The SMILES string of the molecule is CNC(C)c1cccc(NC(=O)C2CC3CCC2C3)c1. The zero-order valence-corrected chi connectivity index (χ0v) is 12.4. The van der Waals surface area contributed by atoms with E-state index < -0.39 is 0 Å². The number of hydrogen-bond donors (Lipinski definition) is 2. The lowest BCUT2D eigenvalue weighted by molar-refractivity contribution is -0.121. The molecule has 2 fully saturated rings. The standard InChI is InChI=1S/C17H24N2O/c1-11(18-2)13-4-3-5-15(10-13)19-17(20)16-9-12-6-7-14(16)8-12/h3-5,10-12,14,16,18H,6-9H2,1-2H3,(H,19,20). The Morgan fingerprint density at radius 1 is 1.30 bits per heavy atom. The smallest absolute Gasteiger partial charge is 0.227 e. The number of fused-ring (bicyclic) bond motifs is 2. The van der Waals surface area contributed by atoms with Crippen molar-refractivity contribution in [3.05, 3.63) is 29.8 Å². The number of anilines is 1. The summed E-state index contributed by atoms with van der Waals surface area (Å²) < 4.78 is 0. The molecule has 4 unspecified atom stereocenters. The molecule has 2 saturated carbocycles. The minimum atomic E-state index is 0.228. The monoisotopic (exact) mass is 272 g/mol. The molecule has 0 heterocycles. The van der Waals surface area contributed by atoms with Gasteiger partial charge in [0, 0.05) is 17.6 Å². The molecule has 4 atom stereocenters. The summed E-state index contributed by atoms with van der Waals surface area (Å²) in [5.41, 5.74) is 2.13. The number of carbonyl (C=O) groups is 1. The van der Waals surface area contributed by atoms with Crippen LogP contribution >= 0.6 is 0 Å². The summed E-state index contributed by atoms with van der Waals surface area (Å²) in [6, 6.07) is 8.46. The van der Waals surface area contributed by atoms with Gasteiger partial charge in [-0.3, -0.25) is 4.79 Å². The molecule has 1 aromatic carbocycles. The summed E-state index contributed by atoms with van der Waals surface area (Å²) in [4.78, 5) is 12.4. The molecule has 2 bridgehead atoms. The quantitative estimate of drug-likeness (QED) is 0.882. The summed E-state index contributed by atoms with van der Waals surface area (Å²) in [7, 11) is 1.95. The number of nitrogens with one attached hydrogen (secondary N) is 2. The summed E-state index contributed by atoms with van der Waals surface area (Å²) >= 11 is 0. The lowest BCUT2D eigenvalue weighted by atomic mass is 9.88. The Balaban J connectivity index is 1.67. The van der Waals surface area contributed by atoms with E-state index in [9.17, 15) is 4.79 Å². The second-order valence-electron chi connectivity index (χ2n) is 6.41. The van der Waals surface area contributed by atoms with Gasteiger partial charge in [0.15, 0.2) is 0 Å². The van der Waals surface area contributed by atoms with E-state index in [1.54, 1.807) is 0 Å². The fourth-order valence-corrected chi connectivity index (χ4v) is 3.85. The van der Waals surface area contributed by atoms with E-state index in [0.29, 0.717) is 12.0 Å². The van der Waals surface area contributed by atoms with Crippen molar-refractivity contribution in [2.24, 2.45) is 17.8 Å². The Bertz CT molecular complexity index is 500. The first-order valence-corrected chi connectivity index (χ1v) is 7.75. The molecular formula is C17H24N2O. The number of hydrogen-bond acceptors (Lipinski definition) is 2. The number of amides is 1. The van der Waals surface area contributed by atoms with E-state index in [1.807, 2.05) is 19.2 Å². The van der Waals surface area contributed by atoms with Crippen LogP contribution in [0.2, 0.25) is 0 Å². The van der Waals surface area contributed by atoms with Gasteiger partial charge in [0.1, 0.15) is 0 Å². The molecule has 0 radical (unpaired) electrons. The minimum absolute atomic E-state index is 0.228. The van der Waals surface area contributed by atoms with Gasteiger partial charge in [0.05, 0.1) is 0 Å². The molecule has 2 N–H and O–H groups in total. The zero-order valence-electron chi connectivity index (χ0n) is 12.4. The van der Waals surface area contributed by atoms with Crippen molar-refractivity contribution in [3.8, 4) is 0 Å². The van der Waals surface area contributed by atoms with Crippen molar-refractivity contribution in [2.45, 2.75) is 38.6 Å². The largest absolute Gasteiger partial charge is 0.326 e. The zero-order chi connectivity index (χ0) is 14.1. The molecule has 2 aliphatic rings. The molecule has 0 spiro atoms. The number of carbonyl (C=O) groups excluding carboxylic acids is 1. The highest BCUT2D eigenvalue weighted by atomic mass is 16.1. The Morgan fingerprint density at radius 3 is 2.80 bits per heavy atom. The Morgan fingerprint density at radius 2 is 2.15 bits per heavy atom. The van der Waals surface area contributed by atoms with Crippen molar-refractivity contribution in [1.29, 1.82) is 0 Å². The Kier molecular flexibility index (Phi) is 3.79. The lowest BCUT2D eigenvalue weighted by Gasteiger charge is -2.21. The topological polar surface area (TPSA) is 41.1 Å². The summed E-state index contributed by atoms with van der Waals surface area (Å²) in [6.07, 6.45) is 4.96. The molecule has 3 nitrogen and oxygen atoms in total. The van der Waals surface area contributed by atoms with Crippen LogP contribution in [0.4, 0.5) is 5.69 Å². The van der Waals surface area contributed by atoms with Crippen LogP contribution in [0.25, 0.3) is 0 Å². The van der Waals surface area contributed by atoms with E-state index in [1.165, 1.54) is 24.8 Å². The molecular weight excluding hydrogens is 248 g/mol. The number of rotatable bonds is 4. The van der Waals surface area contributed by atoms with Gasteiger partial charge in [-0.1, -0.05) is 18.6 Å². The van der Waals surface area contributed by atoms with Gasteiger partial charge in [-0.15, -0.1) is 0 Å². The molecule has 1 amide bonds. The molecule has 0 aromatic heterocycles. The average molecular weight is 272 g/mol. The van der Waals surface area contributed by atoms with Crippen LogP contribution in [-0.2, 0) is 4.79 Å². The van der Waals surface area contributed by atoms with Gasteiger partial charge >= 0.3 is 0 Å². The molecule has 108 valence electrons. The maximum absolute atomic E-state index is 12.4. The van der Waals surface area contributed by atoms with Gasteiger partial charge in [-0.05, 0) is 62.8 Å². The van der Waals surface area contributed by atoms with Crippen LogP contribution in [0, 0.1) is 17.8 Å². The van der Waals surface area contributed by atoms with Gasteiger partial charge in [0.2, 0.25) is 5.91 Å². The first-order chi connectivity index (χ1) is 9.67. The summed E-state index contributed by atoms with van der Waals surface area (Å²) in [6.45, 7) is 2.12. The highest BCUT2D eigenvalue weighted by Crippen LogP contribution is 2.48. The van der Waals surface area contributed by atoms with Crippen molar-refractivity contribution in [3.63, 3.8) is 0 Å². The van der Waals surface area contributed by atoms with E-state index in [4.69, 9.17) is 0 Å². The second-order valence-corrected chi connectivity index (χ2v) is 6.41. The third-order valence-corrected chi connectivity index (χ3v) is 5.16. The molecule has 1 aromatic rings. The average Bonchev–Trinajstić information content (AvgIpc) is 3.09. The summed E-state index contributed by atoms with van der Waals surface area (Å²) in [5.74, 6) is 1.93. The first-order valence-electron chi connectivity index (χ1n) is 7.75. The highest BCUT2D eigenvalue weighted by Gasteiger charge is 2.42. The number of benzene rings is 1. The van der Waals surface area contributed by atoms with Gasteiger partial charge < -0.3 is 10.6 Å². The molecule has 0 aliphatic heterocycles. The lowest BCUT2D eigenvalue weighted by Crippen LogP contribution is -2.27. The maximum atomic E-state index is 12.4. The van der Waals surface area contributed by atoms with E-state index in [2.05, 4.69) is 29.7 Å². The van der Waals surface area contributed by atoms with Crippen LogP contribution in [0.5, 0.6) is 0 Å². The normalized spacial score (nSPS) is 29.4. The molecule has 3 rings (SSSR count). The van der Waals surface area contributed by atoms with E-state index in [-0.39, 0.29) is 11.8 Å². The van der Waals surface area contributed by atoms with Crippen molar-refractivity contribution in [1.82, 2.24) is 5.32 Å². The molecule has 2 aliphatic carbocycles. The fourth-order valence-electron chi connectivity index (χ4n) is 3.85.